The van der Waals surface area contributed by atoms with Crippen molar-refractivity contribution in [2.24, 2.45) is 5.92 Å². The van der Waals surface area contributed by atoms with Gasteiger partial charge in [0.2, 0.25) is 0 Å². The second-order valence-corrected chi connectivity index (χ2v) is 3.06. The highest BCUT2D eigenvalue weighted by Crippen LogP contribution is 2.17. The number of ether oxygens (including phenoxy) is 1. The predicted octanol–water partition coefficient (Wildman–Crippen LogP) is 2.54. The van der Waals surface area contributed by atoms with Gasteiger partial charge in [-0.25, -0.2) is 0 Å². The lowest BCUT2D eigenvalue weighted by molar-refractivity contribution is -0.144. The lowest BCUT2D eigenvalue weighted by Gasteiger charge is -2.13. The summed E-state index contributed by atoms with van der Waals surface area (Å²) in [7, 11) is 1.42. The summed E-state index contributed by atoms with van der Waals surface area (Å²) in [6, 6.07) is 0. The van der Waals surface area contributed by atoms with Crippen LogP contribution in [0, 0.1) is 5.92 Å². The number of esters is 1. The van der Waals surface area contributed by atoms with Crippen LogP contribution >= 0.6 is 0 Å². The maximum absolute atomic E-state index is 11.2. The number of unbranched alkanes of at least 4 members (excludes halogenated alkanes) is 1. The van der Waals surface area contributed by atoms with Crippen molar-refractivity contribution >= 4 is 5.97 Å². The predicted molar refractivity (Wildman–Crippen MR) is 49.8 cm³/mol. The first kappa shape index (κ1) is 11.2. The van der Waals surface area contributed by atoms with Crippen LogP contribution in [0.15, 0.2) is 12.2 Å². The molecule has 0 saturated carbocycles. The molecule has 0 bridgehead atoms. The van der Waals surface area contributed by atoms with Crippen molar-refractivity contribution in [1.82, 2.24) is 0 Å². The van der Waals surface area contributed by atoms with Crippen LogP contribution in [0.5, 0.6) is 0 Å². The fourth-order valence-corrected chi connectivity index (χ4v) is 1.12. The van der Waals surface area contributed by atoms with Crippen LogP contribution in [0.1, 0.15) is 33.1 Å². The molecule has 1 atom stereocenters. The first-order chi connectivity index (χ1) is 5.63. The smallest absolute Gasteiger partial charge is 0.312 e. The Kier molecular flexibility index (Phi) is 5.43. The number of methoxy groups -OCH3 is 1. The zero-order valence-corrected chi connectivity index (χ0v) is 8.22. The van der Waals surface area contributed by atoms with Crippen LogP contribution in [-0.4, -0.2) is 13.1 Å². The fraction of sp³-hybridized carbons (Fsp3) is 0.700. The average Bonchev–Trinajstić information content (AvgIpc) is 2.04. The minimum Gasteiger partial charge on any atom is -0.469 e. The van der Waals surface area contributed by atoms with E-state index in [4.69, 9.17) is 0 Å². The van der Waals surface area contributed by atoms with Gasteiger partial charge in [-0.3, -0.25) is 4.79 Å². The molecule has 12 heavy (non-hydrogen) atoms. The van der Waals surface area contributed by atoms with Gasteiger partial charge >= 0.3 is 5.97 Å². The first-order valence-electron chi connectivity index (χ1n) is 4.36. The third kappa shape index (κ3) is 3.56. The van der Waals surface area contributed by atoms with Gasteiger partial charge in [0.15, 0.2) is 0 Å². The van der Waals surface area contributed by atoms with Crippen LogP contribution < -0.4 is 0 Å². The van der Waals surface area contributed by atoms with E-state index in [-0.39, 0.29) is 11.9 Å². The van der Waals surface area contributed by atoms with E-state index in [0.29, 0.717) is 0 Å². The summed E-state index contributed by atoms with van der Waals surface area (Å²) in [5.74, 6) is -0.258. The highest BCUT2D eigenvalue weighted by molar-refractivity contribution is 5.75. The Morgan fingerprint density at radius 3 is 2.50 bits per heavy atom. The molecule has 0 amide bonds. The topological polar surface area (TPSA) is 26.3 Å². The van der Waals surface area contributed by atoms with E-state index in [0.717, 1.165) is 24.8 Å². The van der Waals surface area contributed by atoms with Gasteiger partial charge < -0.3 is 4.74 Å². The summed E-state index contributed by atoms with van der Waals surface area (Å²) in [6.45, 7) is 7.75. The second kappa shape index (κ2) is 5.81. The van der Waals surface area contributed by atoms with E-state index in [2.05, 4.69) is 18.2 Å². The molecule has 0 radical (unpaired) electrons. The molecule has 0 N–H and O–H groups in total. The van der Waals surface area contributed by atoms with Crippen molar-refractivity contribution in [1.29, 1.82) is 0 Å². The summed E-state index contributed by atoms with van der Waals surface area (Å²) in [5, 5.41) is 0. The lowest BCUT2D eigenvalue weighted by Crippen LogP contribution is -2.16. The van der Waals surface area contributed by atoms with Crippen LogP contribution in [-0.2, 0) is 9.53 Å². The van der Waals surface area contributed by atoms with Crippen molar-refractivity contribution in [2.75, 3.05) is 7.11 Å². The number of carbonyl (C=O) groups excluding carboxylic acids is 1. The summed E-state index contributed by atoms with van der Waals surface area (Å²) in [4.78, 5) is 11.2. The molecule has 0 fully saturated rings. The molecule has 0 aliphatic heterocycles. The number of hydrogen-bond donors (Lipinski definition) is 0. The van der Waals surface area contributed by atoms with Crippen molar-refractivity contribution in [3.63, 3.8) is 0 Å². The SMILES string of the molecule is C=C(C)C(CCCC)C(=O)OC. The Morgan fingerprint density at radius 2 is 2.17 bits per heavy atom. The van der Waals surface area contributed by atoms with Gasteiger partial charge in [-0.2, -0.15) is 0 Å². The molecule has 0 aliphatic carbocycles. The molecule has 0 aromatic rings. The third-order valence-corrected chi connectivity index (χ3v) is 1.93. The van der Waals surface area contributed by atoms with Gasteiger partial charge in [0, 0.05) is 0 Å². The molecule has 2 heteroatoms. The van der Waals surface area contributed by atoms with E-state index in [1.165, 1.54) is 7.11 Å². The van der Waals surface area contributed by atoms with Gasteiger partial charge in [0.1, 0.15) is 0 Å². The third-order valence-electron chi connectivity index (χ3n) is 1.93. The lowest BCUT2D eigenvalue weighted by atomic mass is 9.96. The zero-order chi connectivity index (χ0) is 9.56. The molecule has 0 heterocycles. The number of carbonyl (C=O) groups is 1. The first-order valence-corrected chi connectivity index (χ1v) is 4.36. The monoisotopic (exact) mass is 170 g/mol. The molecule has 0 aromatic heterocycles. The molecule has 0 aromatic carbocycles. The average molecular weight is 170 g/mol. The van der Waals surface area contributed by atoms with E-state index in [1.807, 2.05) is 6.92 Å². The molecule has 1 unspecified atom stereocenters. The Balaban J connectivity index is 4.04. The Bertz CT molecular complexity index is 161. The van der Waals surface area contributed by atoms with E-state index < -0.39 is 0 Å². The molecule has 2 nitrogen and oxygen atoms in total. The van der Waals surface area contributed by atoms with Gasteiger partial charge in [-0.1, -0.05) is 31.9 Å². The summed E-state index contributed by atoms with van der Waals surface area (Å²) >= 11 is 0. The molecule has 70 valence electrons. The van der Waals surface area contributed by atoms with Crippen molar-refractivity contribution in [2.45, 2.75) is 33.1 Å². The minimum atomic E-state index is -0.157. The zero-order valence-electron chi connectivity index (χ0n) is 8.22. The molecule has 0 aliphatic rings. The summed E-state index contributed by atoms with van der Waals surface area (Å²) in [5.41, 5.74) is 0.898. The molecule has 0 saturated heterocycles. The van der Waals surface area contributed by atoms with Gasteiger partial charge in [0.05, 0.1) is 13.0 Å². The summed E-state index contributed by atoms with van der Waals surface area (Å²) < 4.78 is 4.67. The fourth-order valence-electron chi connectivity index (χ4n) is 1.12. The highest BCUT2D eigenvalue weighted by atomic mass is 16.5. The Labute approximate surface area is 74.6 Å². The number of hydrogen-bond acceptors (Lipinski definition) is 2. The second-order valence-electron chi connectivity index (χ2n) is 3.06. The number of rotatable bonds is 5. The molecular weight excluding hydrogens is 152 g/mol. The maximum atomic E-state index is 11.2. The molecular formula is C10H18O2. The normalized spacial score (nSPS) is 12.2. The van der Waals surface area contributed by atoms with Crippen LogP contribution in [0.4, 0.5) is 0 Å². The van der Waals surface area contributed by atoms with Crippen LogP contribution in [0.2, 0.25) is 0 Å². The van der Waals surface area contributed by atoms with Crippen LogP contribution in [0.25, 0.3) is 0 Å². The van der Waals surface area contributed by atoms with E-state index in [1.54, 1.807) is 0 Å². The van der Waals surface area contributed by atoms with Crippen LogP contribution in [0.3, 0.4) is 0 Å². The van der Waals surface area contributed by atoms with E-state index in [9.17, 15) is 4.79 Å². The van der Waals surface area contributed by atoms with Crippen molar-refractivity contribution < 1.29 is 9.53 Å². The van der Waals surface area contributed by atoms with Crippen molar-refractivity contribution in [3.05, 3.63) is 12.2 Å². The van der Waals surface area contributed by atoms with Gasteiger partial charge in [-0.05, 0) is 13.3 Å². The van der Waals surface area contributed by atoms with Gasteiger partial charge in [0.25, 0.3) is 0 Å². The largest absolute Gasteiger partial charge is 0.469 e. The molecule has 0 rings (SSSR count). The van der Waals surface area contributed by atoms with Gasteiger partial charge in [-0.15, -0.1) is 0 Å². The standard InChI is InChI=1S/C10H18O2/c1-5-6-7-9(8(2)3)10(11)12-4/h9H,2,5-7H2,1,3-4H3. The van der Waals surface area contributed by atoms with Crippen molar-refractivity contribution in [3.8, 4) is 0 Å². The highest BCUT2D eigenvalue weighted by Gasteiger charge is 2.18. The Morgan fingerprint density at radius 1 is 1.58 bits per heavy atom. The maximum Gasteiger partial charge on any atom is 0.312 e. The quantitative estimate of drug-likeness (QED) is 0.468. The summed E-state index contributed by atoms with van der Waals surface area (Å²) in [6.07, 6.45) is 3.01. The van der Waals surface area contributed by atoms with E-state index >= 15 is 0 Å². The molecule has 0 spiro atoms. The Hall–Kier alpha value is -0.790. The minimum absolute atomic E-state index is 0.102.